The third-order valence-electron chi connectivity index (χ3n) is 3.67. The molecule has 3 nitrogen and oxygen atoms in total. The van der Waals surface area contributed by atoms with Gasteiger partial charge in [0.15, 0.2) is 0 Å². The van der Waals surface area contributed by atoms with Crippen LogP contribution in [0.2, 0.25) is 0 Å². The van der Waals surface area contributed by atoms with Crippen LogP contribution in [0.15, 0.2) is 0 Å². The molecule has 0 aromatic rings. The molecule has 1 saturated carbocycles. The number of rotatable bonds is 7. The number of carbonyl (C=O) groups is 1. The van der Waals surface area contributed by atoms with Crippen LogP contribution < -0.4 is 5.73 Å². The van der Waals surface area contributed by atoms with Crippen molar-refractivity contribution in [2.45, 2.75) is 83.3 Å². The Labute approximate surface area is 105 Å². The van der Waals surface area contributed by atoms with Gasteiger partial charge in [-0.2, -0.15) is 0 Å². The van der Waals surface area contributed by atoms with E-state index in [0.717, 1.165) is 38.5 Å². The molecule has 0 spiro atoms. The van der Waals surface area contributed by atoms with Crippen molar-refractivity contribution in [1.82, 2.24) is 0 Å². The second-order valence-corrected chi connectivity index (χ2v) is 5.43. The number of esters is 1. The summed E-state index contributed by atoms with van der Waals surface area (Å²) in [6, 6.07) is 0. The molecule has 0 heterocycles. The highest BCUT2D eigenvalue weighted by Crippen LogP contribution is 2.28. The summed E-state index contributed by atoms with van der Waals surface area (Å²) in [5.74, 6) is -0.182. The zero-order chi connectivity index (χ0) is 12.7. The van der Waals surface area contributed by atoms with E-state index in [-0.39, 0.29) is 12.1 Å². The van der Waals surface area contributed by atoms with Crippen molar-refractivity contribution < 1.29 is 9.53 Å². The van der Waals surface area contributed by atoms with E-state index in [4.69, 9.17) is 10.5 Å². The fraction of sp³-hybridized carbons (Fsp3) is 0.929. The molecule has 0 amide bonds. The molecule has 1 fully saturated rings. The first-order valence-electron chi connectivity index (χ1n) is 7.08. The van der Waals surface area contributed by atoms with Gasteiger partial charge in [-0.3, -0.25) is 4.79 Å². The Bertz CT molecular complexity index is 234. The molecule has 100 valence electrons. The van der Waals surface area contributed by atoms with Gasteiger partial charge in [0.2, 0.25) is 0 Å². The van der Waals surface area contributed by atoms with Crippen molar-refractivity contribution >= 4 is 5.97 Å². The number of nitrogens with two attached hydrogens (primary N) is 1. The number of unbranched alkanes of at least 4 members (excludes halogenated alkanes) is 3. The van der Waals surface area contributed by atoms with Crippen LogP contribution >= 0.6 is 0 Å². The van der Waals surface area contributed by atoms with Crippen molar-refractivity contribution in [3.05, 3.63) is 0 Å². The van der Waals surface area contributed by atoms with Gasteiger partial charge in [0, 0.05) is 0 Å². The smallest absolute Gasteiger partial charge is 0.326 e. The van der Waals surface area contributed by atoms with E-state index >= 15 is 0 Å². The first-order valence-corrected chi connectivity index (χ1v) is 7.08. The lowest BCUT2D eigenvalue weighted by atomic mass is 9.99. The van der Waals surface area contributed by atoms with Crippen molar-refractivity contribution in [2.75, 3.05) is 0 Å². The van der Waals surface area contributed by atoms with Crippen LogP contribution in [-0.4, -0.2) is 17.6 Å². The lowest BCUT2D eigenvalue weighted by molar-refractivity contribution is -0.155. The quantitative estimate of drug-likeness (QED) is 0.550. The maximum absolute atomic E-state index is 11.9. The Balaban J connectivity index is 2.21. The van der Waals surface area contributed by atoms with Crippen molar-refractivity contribution in [3.8, 4) is 0 Å². The highest BCUT2D eigenvalue weighted by atomic mass is 16.5. The monoisotopic (exact) mass is 241 g/mol. The molecule has 17 heavy (non-hydrogen) atoms. The minimum atomic E-state index is -0.683. The summed E-state index contributed by atoms with van der Waals surface area (Å²) in [7, 11) is 0. The summed E-state index contributed by atoms with van der Waals surface area (Å²) in [6.45, 7) is 4.17. The maximum Gasteiger partial charge on any atom is 0.326 e. The van der Waals surface area contributed by atoms with Crippen molar-refractivity contribution in [2.24, 2.45) is 5.73 Å². The molecule has 1 aliphatic rings. The van der Waals surface area contributed by atoms with E-state index in [1.807, 2.05) is 6.92 Å². The molecule has 0 radical (unpaired) electrons. The fourth-order valence-corrected chi connectivity index (χ4v) is 2.43. The Kier molecular flexibility index (Phi) is 5.96. The zero-order valence-electron chi connectivity index (χ0n) is 11.3. The summed E-state index contributed by atoms with van der Waals surface area (Å²) >= 11 is 0. The van der Waals surface area contributed by atoms with Crippen LogP contribution in [0.5, 0.6) is 0 Å². The van der Waals surface area contributed by atoms with Gasteiger partial charge in [-0.25, -0.2) is 0 Å². The Morgan fingerprint density at radius 2 is 1.94 bits per heavy atom. The normalized spacial score (nSPS) is 20.2. The third kappa shape index (κ3) is 4.66. The molecular formula is C14H27NO2. The largest absolute Gasteiger partial charge is 0.461 e. The first kappa shape index (κ1) is 14.5. The third-order valence-corrected chi connectivity index (χ3v) is 3.67. The average molecular weight is 241 g/mol. The van der Waals surface area contributed by atoms with Gasteiger partial charge in [0.1, 0.15) is 5.54 Å². The molecule has 0 bridgehead atoms. The van der Waals surface area contributed by atoms with Gasteiger partial charge in [-0.1, -0.05) is 39.0 Å². The van der Waals surface area contributed by atoms with Crippen LogP contribution in [0.1, 0.15) is 71.6 Å². The highest BCUT2D eigenvalue weighted by molar-refractivity contribution is 5.81. The molecule has 0 aromatic heterocycles. The number of carbonyl (C=O) groups excluding carboxylic acids is 1. The summed E-state index contributed by atoms with van der Waals surface area (Å²) in [6.07, 6.45) is 9.52. The lowest BCUT2D eigenvalue weighted by Gasteiger charge is -2.24. The predicted molar refractivity (Wildman–Crippen MR) is 69.7 cm³/mol. The number of hydrogen-bond donors (Lipinski definition) is 1. The number of hydrogen-bond acceptors (Lipinski definition) is 3. The topological polar surface area (TPSA) is 52.3 Å². The van der Waals surface area contributed by atoms with E-state index in [0.29, 0.717) is 0 Å². The van der Waals surface area contributed by atoms with Gasteiger partial charge < -0.3 is 10.5 Å². The van der Waals surface area contributed by atoms with Crippen molar-refractivity contribution in [3.63, 3.8) is 0 Å². The maximum atomic E-state index is 11.9. The lowest BCUT2D eigenvalue weighted by Crippen LogP contribution is -2.47. The summed E-state index contributed by atoms with van der Waals surface area (Å²) in [4.78, 5) is 11.9. The zero-order valence-corrected chi connectivity index (χ0v) is 11.3. The van der Waals surface area contributed by atoms with E-state index in [1.54, 1.807) is 0 Å². The molecule has 0 saturated heterocycles. The second kappa shape index (κ2) is 7.00. The van der Waals surface area contributed by atoms with E-state index in [2.05, 4.69) is 6.92 Å². The first-order chi connectivity index (χ1) is 8.08. The summed E-state index contributed by atoms with van der Waals surface area (Å²) in [5.41, 5.74) is 5.37. The highest BCUT2D eigenvalue weighted by Gasteiger charge is 2.39. The van der Waals surface area contributed by atoms with Gasteiger partial charge in [-0.05, 0) is 32.6 Å². The molecule has 2 N–H and O–H groups in total. The van der Waals surface area contributed by atoms with E-state index < -0.39 is 5.54 Å². The van der Waals surface area contributed by atoms with Crippen LogP contribution in [0.25, 0.3) is 0 Å². The average Bonchev–Trinajstić information content (AvgIpc) is 2.73. The Morgan fingerprint density at radius 3 is 2.53 bits per heavy atom. The SMILES string of the molecule is CCCCCCC(C)OC(=O)C1(N)CCCC1. The minimum absolute atomic E-state index is 0.0142. The van der Waals surface area contributed by atoms with E-state index in [9.17, 15) is 4.79 Å². The molecule has 1 unspecified atom stereocenters. The number of ether oxygens (including phenoxy) is 1. The fourth-order valence-electron chi connectivity index (χ4n) is 2.43. The van der Waals surface area contributed by atoms with Gasteiger partial charge in [0.25, 0.3) is 0 Å². The summed E-state index contributed by atoms with van der Waals surface area (Å²) in [5, 5.41) is 0. The van der Waals surface area contributed by atoms with E-state index in [1.165, 1.54) is 19.3 Å². The minimum Gasteiger partial charge on any atom is -0.461 e. The Hall–Kier alpha value is -0.570. The van der Waals surface area contributed by atoms with Gasteiger partial charge >= 0.3 is 5.97 Å². The van der Waals surface area contributed by atoms with Crippen LogP contribution in [0.3, 0.4) is 0 Å². The van der Waals surface area contributed by atoms with Crippen molar-refractivity contribution in [1.29, 1.82) is 0 Å². The summed E-state index contributed by atoms with van der Waals surface area (Å²) < 4.78 is 5.45. The molecular weight excluding hydrogens is 214 g/mol. The van der Waals surface area contributed by atoms with Gasteiger partial charge in [0.05, 0.1) is 6.10 Å². The Morgan fingerprint density at radius 1 is 1.29 bits per heavy atom. The van der Waals surface area contributed by atoms with Crippen LogP contribution in [0, 0.1) is 0 Å². The van der Waals surface area contributed by atoms with Crippen LogP contribution in [-0.2, 0) is 9.53 Å². The molecule has 1 aliphatic carbocycles. The predicted octanol–water partition coefficient (Wildman–Crippen LogP) is 3.16. The standard InChI is InChI=1S/C14H27NO2/c1-3-4-5-6-9-12(2)17-13(16)14(15)10-7-8-11-14/h12H,3-11,15H2,1-2H3. The second-order valence-electron chi connectivity index (χ2n) is 5.43. The molecule has 3 heteroatoms. The molecule has 1 atom stereocenters. The molecule has 1 rings (SSSR count). The van der Waals surface area contributed by atoms with Crippen LogP contribution in [0.4, 0.5) is 0 Å². The molecule has 0 aliphatic heterocycles. The molecule has 0 aromatic carbocycles. The van der Waals surface area contributed by atoms with Gasteiger partial charge in [-0.15, -0.1) is 0 Å².